The lowest BCUT2D eigenvalue weighted by Gasteiger charge is -2.33. The minimum absolute atomic E-state index is 0.0230. The van der Waals surface area contributed by atoms with Crippen molar-refractivity contribution in [2.24, 2.45) is 5.92 Å². The molecule has 118 valence electrons. The van der Waals surface area contributed by atoms with Crippen molar-refractivity contribution >= 4 is 15.7 Å². The lowest BCUT2D eigenvalue weighted by Crippen LogP contribution is -2.49. The lowest BCUT2D eigenvalue weighted by atomic mass is 10.1. The van der Waals surface area contributed by atoms with Gasteiger partial charge in [0, 0.05) is 12.8 Å². The molecule has 0 aromatic rings. The summed E-state index contributed by atoms with van der Waals surface area (Å²) < 4.78 is 22.8. The second-order valence-electron chi connectivity index (χ2n) is 6.77. The normalized spacial score (nSPS) is 24.8. The van der Waals surface area contributed by atoms with E-state index in [1.165, 1.54) is 6.26 Å². The fourth-order valence-corrected chi connectivity index (χ4v) is 2.77. The van der Waals surface area contributed by atoms with E-state index in [-0.39, 0.29) is 24.7 Å². The van der Waals surface area contributed by atoms with Gasteiger partial charge in [-0.2, -0.15) is 0 Å². The molecule has 1 amide bonds. The number of amides is 1. The van der Waals surface area contributed by atoms with E-state index in [0.717, 1.165) is 12.8 Å². The number of sulfone groups is 1. The summed E-state index contributed by atoms with van der Waals surface area (Å²) in [4.78, 5) is 14.1. The van der Waals surface area contributed by atoms with E-state index >= 15 is 0 Å². The van der Waals surface area contributed by atoms with Crippen LogP contribution in [0.2, 0.25) is 0 Å². The van der Waals surface area contributed by atoms with Gasteiger partial charge in [-0.1, -0.05) is 20.8 Å². The molecule has 1 aliphatic heterocycles. The van der Waals surface area contributed by atoms with E-state index in [1.54, 1.807) is 18.7 Å². The van der Waals surface area contributed by atoms with Crippen molar-refractivity contribution in [3.05, 3.63) is 0 Å². The van der Waals surface area contributed by atoms with Gasteiger partial charge >= 0.3 is 0 Å². The lowest BCUT2D eigenvalue weighted by molar-refractivity contribution is -0.130. The molecule has 1 heterocycles. The highest BCUT2D eigenvalue weighted by Gasteiger charge is 2.43. The third kappa shape index (κ3) is 3.73. The van der Waals surface area contributed by atoms with Crippen LogP contribution >= 0.6 is 0 Å². The SMILES string of the molecule is CCC1NC(CC(C)C)N(CC(C)(C)S(C)(=O)=O)C1=O. The molecule has 0 radical (unpaired) electrons. The number of carbonyl (C=O) groups is 1. The summed E-state index contributed by atoms with van der Waals surface area (Å²) in [7, 11) is -3.21. The van der Waals surface area contributed by atoms with Crippen molar-refractivity contribution in [1.82, 2.24) is 10.2 Å². The van der Waals surface area contributed by atoms with Crippen molar-refractivity contribution in [3.8, 4) is 0 Å². The number of nitrogens with one attached hydrogen (secondary N) is 1. The van der Waals surface area contributed by atoms with Gasteiger partial charge in [0.1, 0.15) is 0 Å². The maximum atomic E-state index is 12.4. The van der Waals surface area contributed by atoms with E-state index < -0.39 is 14.6 Å². The average molecular weight is 304 g/mol. The highest BCUT2D eigenvalue weighted by Crippen LogP contribution is 2.24. The summed E-state index contributed by atoms with van der Waals surface area (Å²) in [6.45, 7) is 9.78. The van der Waals surface area contributed by atoms with E-state index in [2.05, 4.69) is 19.2 Å². The molecule has 1 N–H and O–H groups in total. The second kappa shape index (κ2) is 6.02. The first-order chi connectivity index (χ1) is 8.99. The highest BCUT2D eigenvalue weighted by molar-refractivity contribution is 7.92. The Bertz CT molecular complexity index is 457. The molecule has 0 aromatic heterocycles. The summed E-state index contributed by atoms with van der Waals surface area (Å²) in [5.41, 5.74) is 0. The molecule has 1 rings (SSSR count). The first-order valence-corrected chi connectivity index (χ1v) is 9.15. The Labute approximate surface area is 123 Å². The molecule has 5 nitrogen and oxygen atoms in total. The molecule has 0 aliphatic carbocycles. The Morgan fingerprint density at radius 3 is 2.30 bits per heavy atom. The maximum absolute atomic E-state index is 12.4. The molecule has 0 spiro atoms. The van der Waals surface area contributed by atoms with Gasteiger partial charge in [0.15, 0.2) is 9.84 Å². The van der Waals surface area contributed by atoms with Crippen LogP contribution in [0.4, 0.5) is 0 Å². The van der Waals surface area contributed by atoms with Crippen LogP contribution < -0.4 is 5.32 Å². The van der Waals surface area contributed by atoms with E-state index in [4.69, 9.17) is 0 Å². The van der Waals surface area contributed by atoms with Crippen LogP contribution in [0.1, 0.15) is 47.5 Å². The smallest absolute Gasteiger partial charge is 0.241 e. The van der Waals surface area contributed by atoms with Crippen LogP contribution in [-0.4, -0.2) is 49.0 Å². The summed E-state index contributed by atoms with van der Waals surface area (Å²) in [6.07, 6.45) is 2.73. The predicted octanol–water partition coefficient (Wildman–Crippen LogP) is 1.39. The zero-order valence-electron chi connectivity index (χ0n) is 13.4. The van der Waals surface area contributed by atoms with Crippen molar-refractivity contribution in [2.45, 2.75) is 64.4 Å². The van der Waals surface area contributed by atoms with Crippen molar-refractivity contribution in [2.75, 3.05) is 12.8 Å². The molecule has 6 heteroatoms. The van der Waals surface area contributed by atoms with Gasteiger partial charge in [0.05, 0.1) is 17.0 Å². The fourth-order valence-electron chi connectivity index (χ4n) is 2.40. The van der Waals surface area contributed by atoms with Crippen LogP contribution in [0.25, 0.3) is 0 Å². The van der Waals surface area contributed by atoms with Gasteiger partial charge in [-0.25, -0.2) is 8.42 Å². The number of rotatable bonds is 6. The monoisotopic (exact) mass is 304 g/mol. The van der Waals surface area contributed by atoms with Crippen LogP contribution in [0.5, 0.6) is 0 Å². The Hall–Kier alpha value is -0.620. The molecular weight excluding hydrogens is 276 g/mol. The zero-order valence-corrected chi connectivity index (χ0v) is 14.3. The van der Waals surface area contributed by atoms with Crippen molar-refractivity contribution < 1.29 is 13.2 Å². The van der Waals surface area contributed by atoms with Gasteiger partial charge in [0.25, 0.3) is 0 Å². The fraction of sp³-hybridized carbons (Fsp3) is 0.929. The maximum Gasteiger partial charge on any atom is 0.241 e. The van der Waals surface area contributed by atoms with Gasteiger partial charge in [-0.15, -0.1) is 0 Å². The summed E-state index contributed by atoms with van der Waals surface area (Å²) >= 11 is 0. The molecule has 1 aliphatic rings. The molecule has 0 aromatic carbocycles. The van der Waals surface area contributed by atoms with Crippen molar-refractivity contribution in [1.29, 1.82) is 0 Å². The molecule has 20 heavy (non-hydrogen) atoms. The van der Waals surface area contributed by atoms with E-state index in [9.17, 15) is 13.2 Å². The molecule has 0 bridgehead atoms. The Kier molecular flexibility index (Phi) is 5.24. The topological polar surface area (TPSA) is 66.5 Å². The van der Waals surface area contributed by atoms with Crippen LogP contribution in [0.15, 0.2) is 0 Å². The number of hydrogen-bond donors (Lipinski definition) is 1. The minimum Gasteiger partial charge on any atom is -0.324 e. The van der Waals surface area contributed by atoms with Gasteiger partial charge < -0.3 is 4.90 Å². The highest BCUT2D eigenvalue weighted by atomic mass is 32.2. The standard InChI is InChI=1S/C14H28N2O3S/c1-7-11-13(17)16(12(15-11)8-10(2)3)9-14(4,5)20(6,18)19/h10-12,15H,7-9H2,1-6H3. The molecular formula is C14H28N2O3S. The van der Waals surface area contributed by atoms with E-state index in [0.29, 0.717) is 5.92 Å². The zero-order chi connectivity index (χ0) is 15.7. The minimum atomic E-state index is -3.21. The average Bonchev–Trinajstić information content (AvgIpc) is 2.54. The predicted molar refractivity (Wildman–Crippen MR) is 81.1 cm³/mol. The van der Waals surface area contributed by atoms with Gasteiger partial charge in [-0.05, 0) is 32.6 Å². The summed E-state index contributed by atoms with van der Waals surface area (Å²) in [6, 6.07) is -0.186. The molecule has 0 saturated carbocycles. The van der Waals surface area contributed by atoms with Crippen LogP contribution in [-0.2, 0) is 14.6 Å². The molecule has 1 saturated heterocycles. The Morgan fingerprint density at radius 2 is 1.90 bits per heavy atom. The number of hydrogen-bond acceptors (Lipinski definition) is 4. The Morgan fingerprint density at radius 1 is 1.35 bits per heavy atom. The first-order valence-electron chi connectivity index (χ1n) is 7.25. The molecule has 1 fully saturated rings. The van der Waals surface area contributed by atoms with Gasteiger partial charge in [0.2, 0.25) is 5.91 Å². The third-order valence-corrected chi connectivity index (χ3v) is 6.15. The number of carbonyl (C=O) groups excluding carboxylic acids is 1. The van der Waals surface area contributed by atoms with Gasteiger partial charge in [-0.3, -0.25) is 10.1 Å². The second-order valence-corrected chi connectivity index (χ2v) is 9.42. The summed E-state index contributed by atoms with van der Waals surface area (Å²) in [5.74, 6) is 0.467. The summed E-state index contributed by atoms with van der Waals surface area (Å²) in [5, 5.41) is 3.33. The first kappa shape index (κ1) is 17.4. The Balaban J connectivity index is 2.96. The molecule has 2 atom stereocenters. The number of nitrogens with zero attached hydrogens (tertiary/aromatic N) is 1. The van der Waals surface area contributed by atoms with Crippen molar-refractivity contribution in [3.63, 3.8) is 0 Å². The quantitative estimate of drug-likeness (QED) is 0.805. The molecule has 2 unspecified atom stereocenters. The largest absolute Gasteiger partial charge is 0.324 e. The van der Waals surface area contributed by atoms with Crippen LogP contribution in [0, 0.1) is 5.92 Å². The van der Waals surface area contributed by atoms with Crippen LogP contribution in [0.3, 0.4) is 0 Å². The third-order valence-electron chi connectivity index (χ3n) is 4.01. The van der Waals surface area contributed by atoms with E-state index in [1.807, 2.05) is 6.92 Å².